The monoisotopic (exact) mass is 534 g/mol. The number of hydrogen-bond acceptors (Lipinski definition) is 4. The van der Waals surface area contributed by atoms with E-state index in [9.17, 15) is 18.8 Å². The van der Waals surface area contributed by atoms with E-state index in [1.54, 1.807) is 41.3 Å². The van der Waals surface area contributed by atoms with Crippen molar-refractivity contribution in [2.24, 2.45) is 0 Å². The molecular formula is C29H28ClFN4O3. The van der Waals surface area contributed by atoms with E-state index in [4.69, 9.17) is 11.6 Å². The van der Waals surface area contributed by atoms with E-state index in [-0.39, 0.29) is 17.4 Å². The van der Waals surface area contributed by atoms with Crippen molar-refractivity contribution in [3.05, 3.63) is 94.3 Å². The van der Waals surface area contributed by atoms with Gasteiger partial charge in [0.15, 0.2) is 0 Å². The van der Waals surface area contributed by atoms with Crippen molar-refractivity contribution in [2.45, 2.75) is 12.8 Å². The van der Waals surface area contributed by atoms with Crippen LogP contribution in [0, 0.1) is 5.82 Å². The second-order valence-electron chi connectivity index (χ2n) is 9.48. The number of nitrogens with zero attached hydrogens (tertiary/aromatic N) is 3. The summed E-state index contributed by atoms with van der Waals surface area (Å²) < 4.78 is 13.6. The van der Waals surface area contributed by atoms with Crippen molar-refractivity contribution in [2.75, 3.05) is 49.5 Å². The third-order valence-corrected chi connectivity index (χ3v) is 7.22. The van der Waals surface area contributed by atoms with Crippen LogP contribution < -0.4 is 10.2 Å². The number of likely N-dealkylation sites (tertiary alicyclic amines) is 1. The second-order valence-corrected chi connectivity index (χ2v) is 9.92. The summed E-state index contributed by atoms with van der Waals surface area (Å²) in [7, 11) is 0. The van der Waals surface area contributed by atoms with Crippen LogP contribution in [-0.2, 0) is 0 Å². The smallest absolute Gasteiger partial charge is 0.256 e. The van der Waals surface area contributed by atoms with Crippen LogP contribution in [0.2, 0.25) is 5.02 Å². The van der Waals surface area contributed by atoms with Crippen LogP contribution in [0.15, 0.2) is 66.7 Å². The molecule has 0 radical (unpaired) electrons. The van der Waals surface area contributed by atoms with Gasteiger partial charge in [0.25, 0.3) is 17.7 Å². The van der Waals surface area contributed by atoms with Gasteiger partial charge in [-0.3, -0.25) is 14.4 Å². The summed E-state index contributed by atoms with van der Waals surface area (Å²) >= 11 is 5.95. The van der Waals surface area contributed by atoms with Crippen molar-refractivity contribution in [1.29, 1.82) is 0 Å². The number of hydrogen-bond donors (Lipinski definition) is 1. The molecule has 0 saturated carbocycles. The summed E-state index contributed by atoms with van der Waals surface area (Å²) in [5, 5.41) is 3.37. The Labute approximate surface area is 225 Å². The molecule has 0 aromatic heterocycles. The van der Waals surface area contributed by atoms with Gasteiger partial charge in [0.1, 0.15) is 5.82 Å². The molecule has 7 nitrogen and oxygen atoms in total. The molecule has 38 heavy (non-hydrogen) atoms. The molecule has 2 saturated heterocycles. The Bertz CT molecular complexity index is 1350. The highest BCUT2D eigenvalue weighted by Gasteiger charge is 2.28. The standard InChI is InChI=1S/C29H28ClFN4O3/c30-22-8-6-20(7-9-22)28(37)35-16-14-33(15-17-35)26-11-10-24(19-25(26)29(38)34-12-1-2-13-34)32-27(36)21-4-3-5-23(31)18-21/h3-11,18-19H,1-2,12-17H2,(H,32,36). The molecule has 196 valence electrons. The zero-order valence-corrected chi connectivity index (χ0v) is 21.6. The Kier molecular flexibility index (Phi) is 7.60. The van der Waals surface area contributed by atoms with Gasteiger partial charge in [0, 0.05) is 66.8 Å². The summed E-state index contributed by atoms with van der Waals surface area (Å²) in [5.41, 5.74) is 2.52. The molecule has 3 amide bonds. The number of anilines is 2. The Morgan fingerprint density at radius 1 is 0.737 bits per heavy atom. The molecule has 2 aliphatic rings. The normalized spacial score (nSPS) is 15.5. The molecule has 3 aromatic rings. The average Bonchev–Trinajstić information content (AvgIpc) is 3.48. The number of rotatable bonds is 5. The molecule has 0 bridgehead atoms. The summed E-state index contributed by atoms with van der Waals surface area (Å²) in [6.45, 7) is 3.54. The van der Waals surface area contributed by atoms with Gasteiger partial charge in [0.2, 0.25) is 0 Å². The van der Waals surface area contributed by atoms with Crippen LogP contribution in [0.25, 0.3) is 0 Å². The Balaban J connectivity index is 1.35. The minimum atomic E-state index is -0.494. The lowest BCUT2D eigenvalue weighted by atomic mass is 10.1. The van der Waals surface area contributed by atoms with Crippen LogP contribution in [0.3, 0.4) is 0 Å². The number of halogens is 2. The van der Waals surface area contributed by atoms with Crippen LogP contribution in [-0.4, -0.2) is 66.8 Å². The fourth-order valence-electron chi connectivity index (χ4n) is 4.91. The van der Waals surface area contributed by atoms with Crippen molar-refractivity contribution in [1.82, 2.24) is 9.80 Å². The zero-order valence-electron chi connectivity index (χ0n) is 20.8. The number of amides is 3. The number of carbonyl (C=O) groups excluding carboxylic acids is 3. The van der Waals surface area contributed by atoms with Crippen molar-refractivity contribution in [3.8, 4) is 0 Å². The number of nitrogens with one attached hydrogen (secondary N) is 1. The van der Waals surface area contributed by atoms with E-state index in [1.807, 2.05) is 11.0 Å². The first kappa shape index (κ1) is 25.7. The fraction of sp³-hybridized carbons (Fsp3) is 0.276. The Morgan fingerprint density at radius 3 is 2.11 bits per heavy atom. The molecule has 0 aliphatic carbocycles. The minimum Gasteiger partial charge on any atom is -0.367 e. The first-order valence-electron chi connectivity index (χ1n) is 12.7. The molecule has 0 unspecified atom stereocenters. The first-order valence-corrected chi connectivity index (χ1v) is 13.1. The lowest BCUT2D eigenvalue weighted by Gasteiger charge is -2.37. The summed E-state index contributed by atoms with van der Waals surface area (Å²) in [6, 6.07) is 17.6. The van der Waals surface area contributed by atoms with Gasteiger partial charge >= 0.3 is 0 Å². The van der Waals surface area contributed by atoms with Crippen molar-refractivity contribution >= 4 is 40.7 Å². The maximum absolute atomic E-state index is 13.6. The van der Waals surface area contributed by atoms with E-state index >= 15 is 0 Å². The highest BCUT2D eigenvalue weighted by atomic mass is 35.5. The Morgan fingerprint density at radius 2 is 1.42 bits per heavy atom. The quantitative estimate of drug-likeness (QED) is 0.504. The second kappa shape index (κ2) is 11.2. The molecule has 2 aliphatic heterocycles. The van der Waals surface area contributed by atoms with Crippen LogP contribution in [0.5, 0.6) is 0 Å². The number of piperazine rings is 1. The third kappa shape index (κ3) is 5.65. The lowest BCUT2D eigenvalue weighted by molar-refractivity contribution is 0.0743. The molecule has 2 fully saturated rings. The highest BCUT2D eigenvalue weighted by Crippen LogP contribution is 2.29. The fourth-order valence-corrected chi connectivity index (χ4v) is 5.04. The van der Waals surface area contributed by atoms with Gasteiger partial charge in [-0.25, -0.2) is 4.39 Å². The molecule has 5 rings (SSSR count). The zero-order chi connectivity index (χ0) is 26.6. The van der Waals surface area contributed by atoms with Gasteiger partial charge in [-0.05, 0) is 73.5 Å². The van der Waals surface area contributed by atoms with E-state index < -0.39 is 11.7 Å². The molecule has 0 atom stereocenters. The molecular weight excluding hydrogens is 507 g/mol. The predicted octanol–water partition coefficient (Wildman–Crippen LogP) is 4.93. The molecule has 9 heteroatoms. The minimum absolute atomic E-state index is 0.0508. The number of benzene rings is 3. The van der Waals surface area contributed by atoms with Crippen molar-refractivity contribution < 1.29 is 18.8 Å². The molecule has 2 heterocycles. The summed E-state index contributed by atoms with van der Waals surface area (Å²) in [5.74, 6) is -1.08. The number of carbonyl (C=O) groups is 3. The maximum atomic E-state index is 13.6. The van der Waals surface area contributed by atoms with Crippen LogP contribution >= 0.6 is 11.6 Å². The van der Waals surface area contributed by atoms with Gasteiger partial charge in [-0.2, -0.15) is 0 Å². The van der Waals surface area contributed by atoms with Gasteiger partial charge in [-0.15, -0.1) is 0 Å². The molecule has 0 spiro atoms. The summed E-state index contributed by atoms with van der Waals surface area (Å²) in [6.07, 6.45) is 1.92. The largest absolute Gasteiger partial charge is 0.367 e. The predicted molar refractivity (Wildman–Crippen MR) is 146 cm³/mol. The Hall–Kier alpha value is -3.91. The van der Waals surface area contributed by atoms with E-state index in [0.717, 1.165) is 18.5 Å². The summed E-state index contributed by atoms with van der Waals surface area (Å²) in [4.78, 5) is 44.9. The van der Waals surface area contributed by atoms with E-state index in [0.29, 0.717) is 61.1 Å². The van der Waals surface area contributed by atoms with Crippen molar-refractivity contribution in [3.63, 3.8) is 0 Å². The topological polar surface area (TPSA) is 73.0 Å². The molecule has 1 N–H and O–H groups in total. The highest BCUT2D eigenvalue weighted by molar-refractivity contribution is 6.30. The first-order chi connectivity index (χ1) is 18.4. The average molecular weight is 535 g/mol. The third-order valence-electron chi connectivity index (χ3n) is 6.96. The van der Waals surface area contributed by atoms with Gasteiger partial charge < -0.3 is 20.0 Å². The SMILES string of the molecule is O=C(Nc1ccc(N2CCN(C(=O)c3ccc(Cl)cc3)CC2)c(C(=O)N2CCCC2)c1)c1cccc(F)c1. The van der Waals surface area contributed by atoms with Crippen LogP contribution in [0.1, 0.15) is 43.9 Å². The van der Waals surface area contributed by atoms with E-state index in [1.165, 1.54) is 24.3 Å². The van der Waals surface area contributed by atoms with Crippen LogP contribution in [0.4, 0.5) is 15.8 Å². The van der Waals surface area contributed by atoms with E-state index in [2.05, 4.69) is 10.2 Å². The molecule has 3 aromatic carbocycles. The van der Waals surface area contributed by atoms with Gasteiger partial charge in [0.05, 0.1) is 5.56 Å². The van der Waals surface area contributed by atoms with Gasteiger partial charge in [-0.1, -0.05) is 17.7 Å². The maximum Gasteiger partial charge on any atom is 0.256 e. The lowest BCUT2D eigenvalue weighted by Crippen LogP contribution is -2.49.